The highest BCUT2D eigenvalue weighted by Gasteiger charge is 2.39. The van der Waals surface area contributed by atoms with Crippen LogP contribution in [0.2, 0.25) is 0 Å². The first-order chi connectivity index (χ1) is 11.5. The zero-order chi connectivity index (χ0) is 17.2. The van der Waals surface area contributed by atoms with Crippen LogP contribution in [-0.4, -0.2) is 31.1 Å². The Bertz CT molecular complexity index is 539. The number of rotatable bonds is 3. The monoisotopic (exact) mass is 416 g/mol. The summed E-state index contributed by atoms with van der Waals surface area (Å²) in [7, 11) is 0. The second-order valence-corrected chi connectivity index (χ2v) is 6.86. The average molecular weight is 417 g/mol. The van der Waals surface area contributed by atoms with Crippen molar-refractivity contribution >= 4 is 24.8 Å². The average Bonchev–Trinajstić information content (AvgIpc) is 2.56. The number of nitrogens with one attached hydrogen (secondary N) is 1. The molecular formula is C18H26Cl2F4N2. The zero-order valence-electron chi connectivity index (χ0n) is 14.5. The molecule has 26 heavy (non-hydrogen) atoms. The SMILES string of the molecule is Cl.Cl.Fc1ccc(C(F)(F)F)c([C@H](C2CCCCC2)N2CCNCC2)c1. The molecule has 1 N–H and O–H groups in total. The molecule has 2 fully saturated rings. The molecule has 150 valence electrons. The smallest absolute Gasteiger partial charge is 0.314 e. The highest BCUT2D eigenvalue weighted by atomic mass is 35.5. The van der Waals surface area contributed by atoms with Crippen molar-refractivity contribution in [2.75, 3.05) is 26.2 Å². The summed E-state index contributed by atoms with van der Waals surface area (Å²) in [5.41, 5.74) is -0.561. The molecule has 1 atom stereocenters. The Morgan fingerprint density at radius 3 is 2.19 bits per heavy atom. The third kappa shape index (κ3) is 5.47. The van der Waals surface area contributed by atoms with Crippen molar-refractivity contribution in [3.63, 3.8) is 0 Å². The normalized spacial score (nSPS) is 20.8. The minimum atomic E-state index is -4.45. The molecular weight excluding hydrogens is 391 g/mol. The lowest BCUT2D eigenvalue weighted by Gasteiger charge is -2.42. The van der Waals surface area contributed by atoms with Gasteiger partial charge in [-0.25, -0.2) is 4.39 Å². The van der Waals surface area contributed by atoms with Gasteiger partial charge in [0.25, 0.3) is 0 Å². The van der Waals surface area contributed by atoms with E-state index in [-0.39, 0.29) is 42.3 Å². The first-order valence-corrected chi connectivity index (χ1v) is 8.78. The number of halogens is 6. The van der Waals surface area contributed by atoms with E-state index < -0.39 is 17.6 Å². The molecule has 1 saturated heterocycles. The van der Waals surface area contributed by atoms with E-state index in [1.54, 1.807) is 0 Å². The molecule has 1 aliphatic heterocycles. The molecule has 0 aromatic heterocycles. The lowest BCUT2D eigenvalue weighted by molar-refractivity contribution is -0.139. The molecule has 8 heteroatoms. The molecule has 0 bridgehead atoms. The van der Waals surface area contributed by atoms with E-state index in [0.717, 1.165) is 63.4 Å². The molecule has 1 saturated carbocycles. The van der Waals surface area contributed by atoms with Gasteiger partial charge in [-0.05, 0) is 42.5 Å². The van der Waals surface area contributed by atoms with Crippen LogP contribution >= 0.6 is 24.8 Å². The number of piperazine rings is 1. The number of benzene rings is 1. The van der Waals surface area contributed by atoms with E-state index in [9.17, 15) is 17.6 Å². The molecule has 0 radical (unpaired) electrons. The van der Waals surface area contributed by atoms with E-state index in [2.05, 4.69) is 10.2 Å². The van der Waals surface area contributed by atoms with Crippen molar-refractivity contribution in [2.24, 2.45) is 5.92 Å². The van der Waals surface area contributed by atoms with Crippen molar-refractivity contribution in [1.29, 1.82) is 0 Å². The standard InChI is InChI=1S/C18H24F4N2.2ClH/c19-14-6-7-16(18(20,21)22)15(12-14)17(13-4-2-1-3-5-13)24-10-8-23-9-11-24;;/h6-7,12-13,17,23H,1-5,8-11H2;2*1H/t17-;;/m0../s1. The molecule has 0 unspecified atom stereocenters. The third-order valence-corrected chi connectivity index (χ3v) is 5.28. The molecule has 1 heterocycles. The number of hydrogen-bond acceptors (Lipinski definition) is 2. The van der Waals surface area contributed by atoms with Gasteiger partial charge < -0.3 is 5.32 Å². The Kier molecular flexibility index (Phi) is 9.13. The maximum Gasteiger partial charge on any atom is 0.416 e. The van der Waals surface area contributed by atoms with Crippen LogP contribution in [0.5, 0.6) is 0 Å². The molecule has 2 aliphatic rings. The highest BCUT2D eigenvalue weighted by molar-refractivity contribution is 5.85. The van der Waals surface area contributed by atoms with Crippen LogP contribution in [0.3, 0.4) is 0 Å². The fourth-order valence-electron chi connectivity index (χ4n) is 4.20. The van der Waals surface area contributed by atoms with Gasteiger partial charge in [-0.15, -0.1) is 24.8 Å². The highest BCUT2D eigenvalue weighted by Crippen LogP contribution is 2.43. The second-order valence-electron chi connectivity index (χ2n) is 6.86. The third-order valence-electron chi connectivity index (χ3n) is 5.28. The van der Waals surface area contributed by atoms with E-state index in [0.29, 0.717) is 13.1 Å². The number of hydrogen-bond donors (Lipinski definition) is 1. The topological polar surface area (TPSA) is 15.3 Å². The Balaban J connectivity index is 0.00000169. The molecule has 0 amide bonds. The zero-order valence-corrected chi connectivity index (χ0v) is 16.2. The van der Waals surface area contributed by atoms with Gasteiger partial charge in [0.2, 0.25) is 0 Å². The van der Waals surface area contributed by atoms with E-state index in [1.807, 2.05) is 0 Å². The predicted molar refractivity (Wildman–Crippen MR) is 99.7 cm³/mol. The van der Waals surface area contributed by atoms with Gasteiger partial charge in [-0.1, -0.05) is 19.3 Å². The van der Waals surface area contributed by atoms with Crippen molar-refractivity contribution in [2.45, 2.75) is 44.3 Å². The lowest BCUT2D eigenvalue weighted by atomic mass is 9.79. The summed E-state index contributed by atoms with van der Waals surface area (Å²) in [6.45, 7) is 2.93. The van der Waals surface area contributed by atoms with Crippen LogP contribution in [0, 0.1) is 11.7 Å². The summed E-state index contributed by atoms with van der Waals surface area (Å²) in [5.74, 6) is -0.423. The van der Waals surface area contributed by atoms with Crippen LogP contribution in [0.4, 0.5) is 17.6 Å². The molecule has 1 aromatic carbocycles. The quantitative estimate of drug-likeness (QED) is 0.679. The first kappa shape index (κ1) is 23.5. The van der Waals surface area contributed by atoms with Crippen LogP contribution in [-0.2, 0) is 6.18 Å². The van der Waals surface area contributed by atoms with E-state index in [4.69, 9.17) is 0 Å². The summed E-state index contributed by atoms with van der Waals surface area (Å²) in [6.07, 6.45) is 0.614. The number of alkyl halides is 3. The summed E-state index contributed by atoms with van der Waals surface area (Å²) in [4.78, 5) is 2.12. The summed E-state index contributed by atoms with van der Waals surface area (Å²) in [5, 5.41) is 3.24. The Hall–Kier alpha value is -0.560. The van der Waals surface area contributed by atoms with Gasteiger partial charge in [0.05, 0.1) is 5.56 Å². The van der Waals surface area contributed by atoms with Crippen molar-refractivity contribution in [3.05, 3.63) is 35.1 Å². The fraction of sp³-hybridized carbons (Fsp3) is 0.667. The Labute approximate surface area is 164 Å². The van der Waals surface area contributed by atoms with Gasteiger partial charge in [-0.3, -0.25) is 4.90 Å². The molecule has 1 aliphatic carbocycles. The van der Waals surface area contributed by atoms with E-state index in [1.165, 1.54) is 0 Å². The maximum atomic E-state index is 13.8. The van der Waals surface area contributed by atoms with E-state index >= 15 is 0 Å². The van der Waals surface area contributed by atoms with Crippen molar-refractivity contribution in [3.8, 4) is 0 Å². The van der Waals surface area contributed by atoms with Crippen molar-refractivity contribution < 1.29 is 17.6 Å². The van der Waals surface area contributed by atoms with Crippen LogP contribution < -0.4 is 5.32 Å². The minimum absolute atomic E-state index is 0. The van der Waals surface area contributed by atoms with Gasteiger partial charge in [-0.2, -0.15) is 13.2 Å². The second kappa shape index (κ2) is 10.1. The van der Waals surface area contributed by atoms with Gasteiger partial charge in [0, 0.05) is 32.2 Å². The van der Waals surface area contributed by atoms with Gasteiger partial charge in [0.1, 0.15) is 5.82 Å². The Morgan fingerprint density at radius 2 is 1.62 bits per heavy atom. The van der Waals surface area contributed by atoms with Crippen molar-refractivity contribution in [1.82, 2.24) is 10.2 Å². The van der Waals surface area contributed by atoms with Crippen LogP contribution in [0.1, 0.15) is 49.3 Å². The fourth-order valence-corrected chi connectivity index (χ4v) is 4.20. The predicted octanol–water partition coefficient (Wildman–Crippen LogP) is 5.21. The molecule has 3 rings (SSSR count). The van der Waals surface area contributed by atoms with Gasteiger partial charge in [0.15, 0.2) is 0 Å². The Morgan fingerprint density at radius 1 is 1.00 bits per heavy atom. The number of nitrogens with zero attached hydrogens (tertiary/aromatic N) is 1. The summed E-state index contributed by atoms with van der Waals surface area (Å²) >= 11 is 0. The lowest BCUT2D eigenvalue weighted by Crippen LogP contribution is -2.47. The largest absolute Gasteiger partial charge is 0.416 e. The summed E-state index contributed by atoms with van der Waals surface area (Å²) in [6, 6.07) is 2.59. The first-order valence-electron chi connectivity index (χ1n) is 8.78. The van der Waals surface area contributed by atoms with Crippen LogP contribution in [0.15, 0.2) is 18.2 Å². The molecule has 1 aromatic rings. The maximum absolute atomic E-state index is 13.8. The van der Waals surface area contributed by atoms with Crippen LogP contribution in [0.25, 0.3) is 0 Å². The molecule has 0 spiro atoms. The van der Waals surface area contributed by atoms with Gasteiger partial charge >= 0.3 is 6.18 Å². The molecule has 2 nitrogen and oxygen atoms in total. The summed E-state index contributed by atoms with van der Waals surface area (Å²) < 4.78 is 54.4. The minimum Gasteiger partial charge on any atom is -0.314 e.